The van der Waals surface area contributed by atoms with Crippen molar-refractivity contribution in [3.63, 3.8) is 0 Å². The van der Waals surface area contributed by atoms with Crippen molar-refractivity contribution in [3.05, 3.63) is 71.3 Å². The fraction of sp³-hybridized carbons (Fsp3) is 0.429. The lowest BCUT2D eigenvalue weighted by atomic mass is 10.0. The molecule has 0 radical (unpaired) electrons. The molecule has 0 aliphatic carbocycles. The van der Waals surface area contributed by atoms with Gasteiger partial charge in [0.2, 0.25) is 0 Å². The first kappa shape index (κ1) is 21.2. The maximum absolute atomic E-state index is 10.5. The number of nitrogens with zero attached hydrogens (tertiary/aromatic N) is 2. The monoisotopic (exact) mass is 394 g/mol. The lowest BCUT2D eigenvalue weighted by Gasteiger charge is -2.41. The van der Waals surface area contributed by atoms with Gasteiger partial charge in [-0.1, -0.05) is 54.6 Å². The molecule has 26 heavy (non-hydrogen) atoms. The highest BCUT2D eigenvalue weighted by molar-refractivity contribution is 5.85. The maximum Gasteiger partial charge on any atom is 0.0916 e. The van der Waals surface area contributed by atoms with Gasteiger partial charge >= 0.3 is 0 Å². The molecule has 142 valence electrons. The molecule has 2 aromatic rings. The molecule has 1 saturated heterocycles. The number of piperazine rings is 1. The lowest BCUT2D eigenvalue weighted by Crippen LogP contribution is -2.53. The average molecular weight is 395 g/mol. The molecule has 4 rings (SSSR count). The molecule has 3 nitrogen and oxygen atoms in total. The van der Waals surface area contributed by atoms with Gasteiger partial charge in [-0.05, 0) is 29.5 Å². The summed E-state index contributed by atoms with van der Waals surface area (Å²) in [5.41, 5.74) is 4.04. The summed E-state index contributed by atoms with van der Waals surface area (Å²) in [5, 5.41) is 10.5. The van der Waals surface area contributed by atoms with Crippen molar-refractivity contribution in [3.8, 4) is 0 Å². The zero-order valence-corrected chi connectivity index (χ0v) is 16.6. The highest BCUT2D eigenvalue weighted by Gasteiger charge is 2.30. The number of hydrogen-bond donors (Lipinski definition) is 1. The molecular weight excluding hydrogens is 367 g/mol. The highest BCUT2D eigenvalue weighted by Crippen LogP contribution is 2.26. The second-order valence-electron chi connectivity index (χ2n) is 7.12. The average Bonchev–Trinajstić information content (AvgIpc) is 2.81. The van der Waals surface area contributed by atoms with Gasteiger partial charge in [0.15, 0.2) is 0 Å². The number of aryl methyl sites for hydroxylation is 1. The minimum absolute atomic E-state index is 0. The van der Waals surface area contributed by atoms with Crippen LogP contribution in [-0.2, 0) is 13.0 Å². The van der Waals surface area contributed by atoms with Crippen LogP contribution in [0.1, 0.15) is 29.2 Å². The van der Waals surface area contributed by atoms with Gasteiger partial charge in [-0.2, -0.15) is 0 Å². The maximum atomic E-state index is 10.5. The van der Waals surface area contributed by atoms with E-state index in [0.29, 0.717) is 6.04 Å². The standard InChI is InChI=1S/C21H26N2O.2ClH/c24-21(18-7-2-1-3-8-18)16-22-12-13-23-14-19-9-5-4-6-17(19)10-11-20(23)15-22;;/h1-9,20-21,24H,10-16H2;2*1H. The molecular formula is C21H28Cl2N2O. The molecule has 2 aliphatic heterocycles. The molecule has 1 fully saturated rings. The van der Waals surface area contributed by atoms with Crippen molar-refractivity contribution in [1.82, 2.24) is 9.80 Å². The zero-order chi connectivity index (χ0) is 16.4. The van der Waals surface area contributed by atoms with E-state index in [4.69, 9.17) is 0 Å². The summed E-state index contributed by atoms with van der Waals surface area (Å²) in [6, 6.07) is 19.5. The quantitative estimate of drug-likeness (QED) is 0.859. The minimum Gasteiger partial charge on any atom is -0.387 e. The summed E-state index contributed by atoms with van der Waals surface area (Å²) < 4.78 is 0. The summed E-state index contributed by atoms with van der Waals surface area (Å²) in [6.07, 6.45) is 2.00. The van der Waals surface area contributed by atoms with Gasteiger partial charge in [0.25, 0.3) is 0 Å². The predicted molar refractivity (Wildman–Crippen MR) is 111 cm³/mol. The van der Waals surface area contributed by atoms with Crippen molar-refractivity contribution in [2.45, 2.75) is 31.5 Å². The number of rotatable bonds is 3. The van der Waals surface area contributed by atoms with E-state index < -0.39 is 0 Å². The van der Waals surface area contributed by atoms with Gasteiger partial charge in [-0.25, -0.2) is 0 Å². The van der Waals surface area contributed by atoms with Gasteiger partial charge in [-0.3, -0.25) is 9.80 Å². The van der Waals surface area contributed by atoms with E-state index in [1.807, 2.05) is 30.3 Å². The summed E-state index contributed by atoms with van der Waals surface area (Å²) >= 11 is 0. The first-order valence-corrected chi connectivity index (χ1v) is 9.06. The van der Waals surface area contributed by atoms with E-state index in [9.17, 15) is 5.11 Å². The number of hydrogen-bond acceptors (Lipinski definition) is 3. The van der Waals surface area contributed by atoms with Crippen molar-refractivity contribution in [2.24, 2.45) is 0 Å². The normalized spacial score (nSPS) is 21.3. The van der Waals surface area contributed by atoms with Crippen molar-refractivity contribution in [1.29, 1.82) is 0 Å². The second-order valence-corrected chi connectivity index (χ2v) is 7.12. The van der Waals surface area contributed by atoms with Gasteiger partial charge in [0.1, 0.15) is 0 Å². The van der Waals surface area contributed by atoms with E-state index in [0.717, 1.165) is 38.3 Å². The number of fused-ring (bicyclic) bond motifs is 2. The van der Waals surface area contributed by atoms with E-state index in [-0.39, 0.29) is 30.9 Å². The van der Waals surface area contributed by atoms with Gasteiger partial charge in [0, 0.05) is 38.8 Å². The van der Waals surface area contributed by atoms with Gasteiger partial charge in [0.05, 0.1) is 6.10 Å². The fourth-order valence-electron chi connectivity index (χ4n) is 4.13. The Morgan fingerprint density at radius 2 is 1.62 bits per heavy atom. The van der Waals surface area contributed by atoms with Crippen LogP contribution in [0.15, 0.2) is 54.6 Å². The number of aliphatic hydroxyl groups is 1. The Balaban J connectivity index is 0.00000121. The second kappa shape index (κ2) is 9.72. The van der Waals surface area contributed by atoms with Crippen LogP contribution in [0.3, 0.4) is 0 Å². The number of β-amino-alcohol motifs (C(OH)–C–C–N with tert-alkyl or cyclic N) is 1. The van der Waals surface area contributed by atoms with Crippen LogP contribution < -0.4 is 0 Å². The molecule has 0 saturated carbocycles. The van der Waals surface area contributed by atoms with Crippen LogP contribution >= 0.6 is 24.8 Å². The number of aliphatic hydroxyl groups excluding tert-OH is 1. The topological polar surface area (TPSA) is 26.7 Å². The smallest absolute Gasteiger partial charge is 0.0916 e. The van der Waals surface area contributed by atoms with Crippen molar-refractivity contribution >= 4 is 24.8 Å². The Kier molecular flexibility index (Phi) is 7.93. The molecule has 5 heteroatoms. The Bertz CT molecular complexity index is 683. The molecule has 2 atom stereocenters. The first-order valence-electron chi connectivity index (χ1n) is 9.06. The Labute approximate surface area is 168 Å². The van der Waals surface area contributed by atoms with Crippen LogP contribution in [0, 0.1) is 0 Å². The molecule has 2 aliphatic rings. The Hall–Kier alpha value is -1.10. The van der Waals surface area contributed by atoms with Crippen LogP contribution in [0.5, 0.6) is 0 Å². The molecule has 0 bridgehead atoms. The van der Waals surface area contributed by atoms with E-state index in [1.165, 1.54) is 24.0 Å². The zero-order valence-electron chi connectivity index (χ0n) is 15.0. The van der Waals surface area contributed by atoms with Crippen LogP contribution in [0.25, 0.3) is 0 Å². The molecule has 0 amide bonds. The molecule has 1 N–H and O–H groups in total. The third kappa shape index (κ3) is 4.79. The number of halogens is 2. The van der Waals surface area contributed by atoms with Crippen molar-refractivity contribution < 1.29 is 5.11 Å². The van der Waals surface area contributed by atoms with Gasteiger partial charge in [-0.15, -0.1) is 24.8 Å². The van der Waals surface area contributed by atoms with E-state index in [1.54, 1.807) is 0 Å². The predicted octanol–water partition coefficient (Wildman–Crippen LogP) is 3.70. The molecule has 2 aromatic carbocycles. The lowest BCUT2D eigenvalue weighted by molar-refractivity contribution is 0.0350. The highest BCUT2D eigenvalue weighted by atomic mass is 35.5. The summed E-state index contributed by atoms with van der Waals surface area (Å²) in [4.78, 5) is 5.08. The SMILES string of the molecule is Cl.Cl.OC(CN1CCN2Cc3ccccc3CCC2C1)c1ccccc1. The minimum atomic E-state index is -0.388. The largest absolute Gasteiger partial charge is 0.387 e. The van der Waals surface area contributed by atoms with E-state index in [2.05, 4.69) is 34.1 Å². The van der Waals surface area contributed by atoms with Crippen LogP contribution in [0.2, 0.25) is 0 Å². The first-order chi connectivity index (χ1) is 11.8. The van der Waals surface area contributed by atoms with Crippen LogP contribution in [-0.4, -0.2) is 47.1 Å². The Morgan fingerprint density at radius 1 is 0.923 bits per heavy atom. The van der Waals surface area contributed by atoms with Crippen molar-refractivity contribution in [2.75, 3.05) is 26.2 Å². The molecule has 0 spiro atoms. The summed E-state index contributed by atoms with van der Waals surface area (Å²) in [6.45, 7) is 5.03. The molecule has 0 aromatic heterocycles. The summed E-state index contributed by atoms with van der Waals surface area (Å²) in [5.74, 6) is 0. The summed E-state index contributed by atoms with van der Waals surface area (Å²) in [7, 11) is 0. The molecule has 2 unspecified atom stereocenters. The number of benzene rings is 2. The van der Waals surface area contributed by atoms with Crippen LogP contribution in [0.4, 0.5) is 0 Å². The molecule has 2 heterocycles. The van der Waals surface area contributed by atoms with Gasteiger partial charge < -0.3 is 5.11 Å². The van der Waals surface area contributed by atoms with E-state index >= 15 is 0 Å². The fourth-order valence-corrected chi connectivity index (χ4v) is 4.13. The third-order valence-electron chi connectivity index (χ3n) is 5.54. The third-order valence-corrected chi connectivity index (χ3v) is 5.54. The Morgan fingerprint density at radius 3 is 2.38 bits per heavy atom.